The van der Waals surface area contributed by atoms with Gasteiger partial charge in [0.2, 0.25) is 0 Å². The first-order chi connectivity index (χ1) is 23.2. The quantitative estimate of drug-likeness (QED) is 0.190. The third-order valence-electron chi connectivity index (χ3n) is 10.3. The molecule has 47 heavy (non-hydrogen) atoms. The van der Waals surface area contributed by atoms with Crippen molar-refractivity contribution in [2.24, 2.45) is 5.92 Å². The summed E-state index contributed by atoms with van der Waals surface area (Å²) in [4.78, 5) is 2.67. The Morgan fingerprint density at radius 1 is 0.596 bits per heavy atom. The van der Waals surface area contributed by atoms with E-state index in [1.807, 2.05) is 11.8 Å². The van der Waals surface area contributed by atoms with Crippen LogP contribution < -0.4 is 5.22 Å². The summed E-state index contributed by atoms with van der Waals surface area (Å²) in [7, 11) is 0. The summed E-state index contributed by atoms with van der Waals surface area (Å²) in [5, 5.41) is 9.57. The molecule has 1 heterocycles. The van der Waals surface area contributed by atoms with Crippen LogP contribution in [0.5, 0.6) is 0 Å². The molecule has 1 atom stereocenters. The second-order valence-corrected chi connectivity index (χ2v) is 14.4. The highest BCUT2D eigenvalue weighted by atomic mass is 32.2. The Morgan fingerprint density at radius 3 is 2.30 bits per heavy atom. The van der Waals surface area contributed by atoms with E-state index in [1.54, 1.807) is 0 Å². The summed E-state index contributed by atoms with van der Waals surface area (Å²) >= 11 is 1.89. The number of hydrogen-bond donors (Lipinski definition) is 0. The van der Waals surface area contributed by atoms with Gasteiger partial charge >= 0.3 is 0 Å². The SMILES string of the molecule is CC1C=c2ccc3c(-c4cc(C5=CCC=CC=C5)cc(-c5ccc6c7c(cccc57)-c5ccccc5S6)c4)ccc4ccc(c2c43)C1. The van der Waals surface area contributed by atoms with E-state index in [9.17, 15) is 0 Å². The van der Waals surface area contributed by atoms with Crippen molar-refractivity contribution < 1.29 is 0 Å². The monoisotopic (exact) mass is 616 g/mol. The molecule has 1 unspecified atom stereocenters. The number of rotatable bonds is 3. The van der Waals surface area contributed by atoms with Crippen molar-refractivity contribution in [2.75, 3.05) is 0 Å². The van der Waals surface area contributed by atoms with Crippen LogP contribution in [0.1, 0.15) is 24.5 Å². The number of hydrogen-bond acceptors (Lipinski definition) is 1. The number of benzene rings is 7. The normalized spacial score (nSPS) is 16.3. The molecule has 0 fully saturated rings. The third kappa shape index (κ3) is 4.23. The fraction of sp³-hybridized carbons (Fsp3) is 0.0870. The van der Waals surface area contributed by atoms with Gasteiger partial charge in [0.25, 0.3) is 0 Å². The molecule has 0 N–H and O–H groups in total. The molecule has 2 aliphatic carbocycles. The van der Waals surface area contributed by atoms with Gasteiger partial charge in [0.15, 0.2) is 0 Å². The van der Waals surface area contributed by atoms with E-state index in [2.05, 4.69) is 153 Å². The van der Waals surface area contributed by atoms with E-state index in [0.717, 1.165) is 12.8 Å². The van der Waals surface area contributed by atoms with Gasteiger partial charge in [0.05, 0.1) is 0 Å². The zero-order chi connectivity index (χ0) is 31.1. The van der Waals surface area contributed by atoms with Crippen LogP contribution in [0.4, 0.5) is 0 Å². The largest absolute Gasteiger partial charge is 0.0888 e. The first kappa shape index (κ1) is 27.0. The van der Waals surface area contributed by atoms with E-state index in [4.69, 9.17) is 0 Å². The van der Waals surface area contributed by atoms with Crippen molar-refractivity contribution in [1.82, 2.24) is 0 Å². The molecule has 1 heteroatoms. The van der Waals surface area contributed by atoms with Gasteiger partial charge in [-0.25, -0.2) is 0 Å². The van der Waals surface area contributed by atoms with Crippen molar-refractivity contribution in [3.05, 3.63) is 156 Å². The molecule has 7 aromatic rings. The molecule has 0 bridgehead atoms. The summed E-state index contributed by atoms with van der Waals surface area (Å²) in [6.07, 6.45) is 15.7. The highest BCUT2D eigenvalue weighted by Crippen LogP contribution is 2.50. The standard InChI is InChI=1S/C46H32S/c1-28-23-31-16-15-30-17-19-36(41-20-18-32(24-28)44(31)45(30)41)34-25-33(29-9-4-2-3-5-10-29)26-35(27-34)37-21-22-43-46-39(37)12-8-13-40(46)38-11-6-7-14-42(38)47-43/h2-4,6-22,24-28H,5,23H2,1H3. The Balaban J connectivity index is 1.24. The van der Waals surface area contributed by atoms with Gasteiger partial charge in [-0.15, -0.1) is 0 Å². The van der Waals surface area contributed by atoms with Gasteiger partial charge in [-0.3, -0.25) is 0 Å². The Kier molecular flexibility index (Phi) is 6.02. The lowest BCUT2D eigenvalue weighted by molar-refractivity contribution is 0.760. The fourth-order valence-corrected chi connectivity index (χ4v) is 9.38. The number of allylic oxidation sites excluding steroid dienone is 6. The molecule has 3 aliphatic rings. The lowest BCUT2D eigenvalue weighted by Crippen LogP contribution is -2.15. The van der Waals surface area contributed by atoms with Gasteiger partial charge in [0.1, 0.15) is 0 Å². The fourth-order valence-electron chi connectivity index (χ4n) is 8.25. The van der Waals surface area contributed by atoms with Gasteiger partial charge in [-0.1, -0.05) is 134 Å². The van der Waals surface area contributed by atoms with Crippen LogP contribution in [0.3, 0.4) is 0 Å². The first-order valence-corrected chi connectivity index (χ1v) is 17.5. The van der Waals surface area contributed by atoms with Gasteiger partial charge < -0.3 is 0 Å². The Bertz CT molecular complexity index is 2610. The van der Waals surface area contributed by atoms with E-state index in [0.29, 0.717) is 5.92 Å². The smallest absolute Gasteiger partial charge is 0.0207 e. The summed E-state index contributed by atoms with van der Waals surface area (Å²) in [6, 6.07) is 41.7. The number of fused-ring (bicyclic) bond motifs is 2. The van der Waals surface area contributed by atoms with Crippen molar-refractivity contribution in [3.63, 3.8) is 0 Å². The molecule has 222 valence electrons. The molecular weight excluding hydrogens is 585 g/mol. The van der Waals surface area contributed by atoms with E-state index >= 15 is 0 Å². The molecule has 0 amide bonds. The third-order valence-corrected chi connectivity index (χ3v) is 11.5. The van der Waals surface area contributed by atoms with E-state index in [1.165, 1.54) is 97.4 Å². The van der Waals surface area contributed by atoms with Crippen LogP contribution in [0.2, 0.25) is 0 Å². The minimum Gasteiger partial charge on any atom is -0.0888 e. The zero-order valence-electron chi connectivity index (χ0n) is 26.3. The molecule has 0 spiro atoms. The second-order valence-electron chi connectivity index (χ2n) is 13.3. The first-order valence-electron chi connectivity index (χ1n) is 16.7. The topological polar surface area (TPSA) is 0 Å². The van der Waals surface area contributed by atoms with Crippen molar-refractivity contribution in [3.8, 4) is 33.4 Å². The summed E-state index contributed by atoms with van der Waals surface area (Å²) in [5.74, 6) is 0.563. The maximum absolute atomic E-state index is 2.46. The van der Waals surface area contributed by atoms with Crippen LogP contribution in [-0.4, -0.2) is 0 Å². The highest BCUT2D eigenvalue weighted by Gasteiger charge is 2.22. The molecule has 10 rings (SSSR count). The van der Waals surface area contributed by atoms with Gasteiger partial charge in [0, 0.05) is 15.2 Å². The van der Waals surface area contributed by atoms with Crippen LogP contribution in [0.25, 0.3) is 77.3 Å². The molecule has 0 nitrogen and oxygen atoms in total. The Morgan fingerprint density at radius 2 is 1.38 bits per heavy atom. The van der Waals surface area contributed by atoms with Crippen LogP contribution in [0.15, 0.2) is 149 Å². The van der Waals surface area contributed by atoms with Crippen LogP contribution in [-0.2, 0) is 6.42 Å². The Hall–Kier alpha value is -5.11. The van der Waals surface area contributed by atoms with Crippen molar-refractivity contribution in [2.45, 2.75) is 29.6 Å². The van der Waals surface area contributed by atoms with Crippen LogP contribution >= 0.6 is 11.8 Å². The molecule has 0 saturated carbocycles. The molecule has 0 saturated heterocycles. The highest BCUT2D eigenvalue weighted by molar-refractivity contribution is 7.99. The lowest BCUT2D eigenvalue weighted by Gasteiger charge is -2.22. The molecule has 0 radical (unpaired) electrons. The van der Waals surface area contributed by atoms with Gasteiger partial charge in [-0.05, 0) is 131 Å². The summed E-state index contributed by atoms with van der Waals surface area (Å²) < 4.78 is 0. The van der Waals surface area contributed by atoms with Crippen LogP contribution in [0, 0.1) is 5.92 Å². The maximum Gasteiger partial charge on any atom is 0.0207 e. The Labute approximate surface area is 279 Å². The van der Waals surface area contributed by atoms with Crippen molar-refractivity contribution in [1.29, 1.82) is 0 Å². The average molecular weight is 617 g/mol. The molecule has 7 aromatic carbocycles. The predicted molar refractivity (Wildman–Crippen MR) is 203 cm³/mol. The van der Waals surface area contributed by atoms with E-state index in [-0.39, 0.29) is 0 Å². The van der Waals surface area contributed by atoms with E-state index < -0.39 is 0 Å². The molecule has 1 aliphatic heterocycles. The summed E-state index contributed by atoms with van der Waals surface area (Å²) in [5.41, 5.74) is 11.8. The van der Waals surface area contributed by atoms with Crippen molar-refractivity contribution >= 4 is 55.7 Å². The molecule has 0 aromatic heterocycles. The maximum atomic E-state index is 2.46. The zero-order valence-corrected chi connectivity index (χ0v) is 27.1. The second kappa shape index (κ2) is 10.5. The average Bonchev–Trinajstić information content (AvgIpc) is 3.40. The summed E-state index contributed by atoms with van der Waals surface area (Å²) in [6.45, 7) is 2.33. The predicted octanol–water partition coefficient (Wildman–Crippen LogP) is 12.2. The minimum absolute atomic E-state index is 0.563. The lowest BCUT2D eigenvalue weighted by atomic mass is 9.83. The minimum atomic E-state index is 0.563. The van der Waals surface area contributed by atoms with Gasteiger partial charge in [-0.2, -0.15) is 0 Å². The molecular formula is C46H32S.